The summed E-state index contributed by atoms with van der Waals surface area (Å²) in [6.07, 6.45) is 3.38. The minimum absolute atomic E-state index is 0.167. The second-order valence-corrected chi connectivity index (χ2v) is 4.17. The third kappa shape index (κ3) is 2.84. The molecule has 0 radical (unpaired) electrons. The molecule has 1 aromatic rings. The Balaban J connectivity index is 3.32. The van der Waals surface area contributed by atoms with Gasteiger partial charge in [0.2, 0.25) is 0 Å². The van der Waals surface area contributed by atoms with Crippen molar-refractivity contribution in [1.29, 1.82) is 0 Å². The SMILES string of the molecule is C=CCN(c1nccc(C)c1C(=O)O)C(C)C. The van der Waals surface area contributed by atoms with Gasteiger partial charge in [-0.2, -0.15) is 0 Å². The highest BCUT2D eigenvalue weighted by Crippen LogP contribution is 2.22. The summed E-state index contributed by atoms with van der Waals surface area (Å²) in [5.74, 6) is -0.437. The zero-order valence-electron chi connectivity index (χ0n) is 10.5. The molecule has 1 N–H and O–H groups in total. The van der Waals surface area contributed by atoms with Crippen LogP contribution in [0.4, 0.5) is 5.82 Å². The van der Waals surface area contributed by atoms with Crippen LogP contribution in [0.25, 0.3) is 0 Å². The molecule has 0 spiro atoms. The fourth-order valence-electron chi connectivity index (χ4n) is 1.71. The minimum atomic E-state index is -0.944. The van der Waals surface area contributed by atoms with Crippen LogP contribution in [-0.2, 0) is 0 Å². The Kier molecular flexibility index (Phi) is 4.26. The number of rotatable bonds is 5. The average molecular weight is 234 g/mol. The van der Waals surface area contributed by atoms with Crippen LogP contribution in [0.2, 0.25) is 0 Å². The summed E-state index contributed by atoms with van der Waals surface area (Å²) in [6, 6.07) is 1.87. The molecule has 92 valence electrons. The van der Waals surface area contributed by atoms with Gasteiger partial charge in [0.25, 0.3) is 0 Å². The van der Waals surface area contributed by atoms with Crippen molar-refractivity contribution in [2.45, 2.75) is 26.8 Å². The zero-order valence-corrected chi connectivity index (χ0v) is 10.5. The maximum Gasteiger partial charge on any atom is 0.339 e. The van der Waals surface area contributed by atoms with Crippen LogP contribution in [0.5, 0.6) is 0 Å². The second kappa shape index (κ2) is 5.48. The van der Waals surface area contributed by atoms with Gasteiger partial charge >= 0.3 is 5.97 Å². The second-order valence-electron chi connectivity index (χ2n) is 4.17. The molecule has 0 aliphatic rings. The van der Waals surface area contributed by atoms with Crippen LogP contribution in [0.1, 0.15) is 29.8 Å². The van der Waals surface area contributed by atoms with Crippen LogP contribution in [-0.4, -0.2) is 28.6 Å². The third-order valence-electron chi connectivity index (χ3n) is 2.57. The number of carbonyl (C=O) groups is 1. The van der Waals surface area contributed by atoms with E-state index in [9.17, 15) is 9.90 Å². The molecule has 0 aliphatic carbocycles. The fourth-order valence-corrected chi connectivity index (χ4v) is 1.71. The third-order valence-corrected chi connectivity index (χ3v) is 2.57. The molecule has 0 bridgehead atoms. The van der Waals surface area contributed by atoms with Crippen molar-refractivity contribution in [3.8, 4) is 0 Å². The van der Waals surface area contributed by atoms with Gasteiger partial charge in [-0.15, -0.1) is 6.58 Å². The Morgan fingerprint density at radius 2 is 2.29 bits per heavy atom. The van der Waals surface area contributed by atoms with Gasteiger partial charge in [-0.3, -0.25) is 0 Å². The number of aromatic carboxylic acids is 1. The first-order valence-electron chi connectivity index (χ1n) is 5.55. The highest BCUT2D eigenvalue weighted by atomic mass is 16.4. The molecule has 0 saturated heterocycles. The maximum absolute atomic E-state index is 11.3. The van der Waals surface area contributed by atoms with Crippen LogP contribution in [0.3, 0.4) is 0 Å². The monoisotopic (exact) mass is 234 g/mol. The Labute approximate surface area is 102 Å². The van der Waals surface area contributed by atoms with Crippen molar-refractivity contribution in [2.75, 3.05) is 11.4 Å². The molecule has 0 atom stereocenters. The normalized spacial score (nSPS) is 10.4. The number of pyridine rings is 1. The topological polar surface area (TPSA) is 53.4 Å². The average Bonchev–Trinajstić information content (AvgIpc) is 2.24. The molecule has 0 amide bonds. The van der Waals surface area contributed by atoms with Gasteiger partial charge in [-0.25, -0.2) is 9.78 Å². The number of hydrogen-bond acceptors (Lipinski definition) is 3. The quantitative estimate of drug-likeness (QED) is 0.795. The highest BCUT2D eigenvalue weighted by Gasteiger charge is 2.20. The number of aryl methyl sites for hydroxylation is 1. The lowest BCUT2D eigenvalue weighted by atomic mass is 10.1. The summed E-state index contributed by atoms with van der Waals surface area (Å²) in [7, 11) is 0. The van der Waals surface area contributed by atoms with Gasteiger partial charge in [0.15, 0.2) is 0 Å². The summed E-state index contributed by atoms with van der Waals surface area (Å²) >= 11 is 0. The van der Waals surface area contributed by atoms with E-state index in [1.54, 1.807) is 25.3 Å². The molecule has 0 saturated carbocycles. The number of carboxylic acids is 1. The largest absolute Gasteiger partial charge is 0.478 e. The Bertz CT molecular complexity index is 427. The lowest BCUT2D eigenvalue weighted by Gasteiger charge is -2.28. The molecular weight excluding hydrogens is 216 g/mol. The first-order chi connectivity index (χ1) is 7.99. The summed E-state index contributed by atoms with van der Waals surface area (Å²) in [5.41, 5.74) is 0.986. The standard InChI is InChI=1S/C13H18N2O2/c1-5-8-15(9(2)3)12-11(13(16)17)10(4)6-7-14-12/h5-7,9H,1,8H2,2-4H3,(H,16,17). The van der Waals surface area contributed by atoms with Crippen LogP contribution >= 0.6 is 0 Å². The van der Waals surface area contributed by atoms with Crippen molar-refractivity contribution in [1.82, 2.24) is 4.98 Å². The Morgan fingerprint density at radius 3 is 2.76 bits per heavy atom. The number of aromatic nitrogens is 1. The van der Waals surface area contributed by atoms with Gasteiger partial charge in [-0.05, 0) is 32.4 Å². The maximum atomic E-state index is 11.3. The van der Waals surface area contributed by atoms with Gasteiger partial charge in [0.1, 0.15) is 11.4 Å². The predicted octanol–water partition coefficient (Wildman–Crippen LogP) is 2.49. The van der Waals surface area contributed by atoms with Gasteiger partial charge < -0.3 is 10.0 Å². The molecule has 1 aromatic heterocycles. The van der Waals surface area contributed by atoms with Crippen molar-refractivity contribution in [2.24, 2.45) is 0 Å². The Hall–Kier alpha value is -1.84. The van der Waals surface area contributed by atoms with E-state index in [2.05, 4.69) is 11.6 Å². The van der Waals surface area contributed by atoms with E-state index in [1.165, 1.54) is 0 Å². The van der Waals surface area contributed by atoms with Crippen molar-refractivity contribution in [3.63, 3.8) is 0 Å². The summed E-state index contributed by atoms with van der Waals surface area (Å²) < 4.78 is 0. The molecule has 4 heteroatoms. The first kappa shape index (κ1) is 13.2. The molecule has 4 nitrogen and oxygen atoms in total. The molecular formula is C13H18N2O2. The van der Waals surface area contributed by atoms with Crippen LogP contribution in [0, 0.1) is 6.92 Å². The summed E-state index contributed by atoms with van der Waals surface area (Å²) in [5, 5.41) is 9.25. The number of anilines is 1. The highest BCUT2D eigenvalue weighted by molar-refractivity contribution is 5.95. The van der Waals surface area contributed by atoms with E-state index in [-0.39, 0.29) is 11.6 Å². The van der Waals surface area contributed by atoms with Crippen molar-refractivity contribution in [3.05, 3.63) is 36.0 Å². The summed E-state index contributed by atoms with van der Waals surface area (Å²) in [4.78, 5) is 17.4. The molecule has 0 unspecified atom stereocenters. The molecule has 0 fully saturated rings. The van der Waals surface area contributed by atoms with E-state index in [4.69, 9.17) is 0 Å². The fraction of sp³-hybridized carbons (Fsp3) is 0.385. The lowest BCUT2D eigenvalue weighted by molar-refractivity contribution is 0.0696. The van der Waals surface area contributed by atoms with E-state index in [0.29, 0.717) is 12.4 Å². The zero-order chi connectivity index (χ0) is 13.0. The van der Waals surface area contributed by atoms with Crippen molar-refractivity contribution >= 4 is 11.8 Å². The van der Waals surface area contributed by atoms with Crippen LogP contribution < -0.4 is 4.90 Å². The number of hydrogen-bond donors (Lipinski definition) is 1. The van der Waals surface area contributed by atoms with Gasteiger partial charge in [0.05, 0.1) is 0 Å². The van der Waals surface area contributed by atoms with Gasteiger partial charge in [0, 0.05) is 18.8 Å². The van der Waals surface area contributed by atoms with Crippen LogP contribution in [0.15, 0.2) is 24.9 Å². The van der Waals surface area contributed by atoms with E-state index in [0.717, 1.165) is 5.56 Å². The predicted molar refractivity (Wildman–Crippen MR) is 68.6 cm³/mol. The smallest absolute Gasteiger partial charge is 0.339 e. The van der Waals surface area contributed by atoms with Crippen molar-refractivity contribution < 1.29 is 9.90 Å². The molecule has 0 aromatic carbocycles. The molecule has 1 heterocycles. The Morgan fingerprint density at radius 1 is 1.65 bits per heavy atom. The molecule has 0 aliphatic heterocycles. The van der Waals surface area contributed by atoms with E-state index >= 15 is 0 Å². The van der Waals surface area contributed by atoms with Gasteiger partial charge in [-0.1, -0.05) is 6.08 Å². The van der Waals surface area contributed by atoms with E-state index in [1.807, 2.05) is 18.7 Å². The van der Waals surface area contributed by atoms with E-state index < -0.39 is 5.97 Å². The lowest BCUT2D eigenvalue weighted by Crippen LogP contribution is -2.33. The minimum Gasteiger partial charge on any atom is -0.478 e. The first-order valence-corrected chi connectivity index (χ1v) is 5.55. The molecule has 1 rings (SSSR count). The number of nitrogens with zero attached hydrogens (tertiary/aromatic N) is 2. The number of carboxylic acid groups (broad SMARTS) is 1. The summed E-state index contributed by atoms with van der Waals surface area (Å²) in [6.45, 7) is 10.0. The molecule has 17 heavy (non-hydrogen) atoms.